The first-order valence-electron chi connectivity index (χ1n) is 6.87. The van der Waals surface area contributed by atoms with Crippen LogP contribution >= 0.6 is 11.8 Å². The van der Waals surface area contributed by atoms with Gasteiger partial charge in [0, 0.05) is 17.0 Å². The predicted octanol–water partition coefficient (Wildman–Crippen LogP) is 3.74. The van der Waals surface area contributed by atoms with Gasteiger partial charge < -0.3 is 10.1 Å². The average Bonchev–Trinajstić information content (AvgIpc) is 2.54. The topological polar surface area (TPSA) is 38.3 Å². The lowest BCUT2D eigenvalue weighted by molar-refractivity contribution is 0.0951. The number of methoxy groups -OCH3 is 1. The molecule has 2 aromatic carbocycles. The van der Waals surface area contributed by atoms with Crippen molar-refractivity contribution in [3.05, 3.63) is 59.7 Å². The van der Waals surface area contributed by atoms with E-state index in [1.165, 1.54) is 4.90 Å². The number of hydrogen-bond acceptors (Lipinski definition) is 3. The lowest BCUT2D eigenvalue weighted by Crippen LogP contribution is -2.22. The molecule has 0 spiro atoms. The van der Waals surface area contributed by atoms with Gasteiger partial charge in [0.15, 0.2) is 0 Å². The van der Waals surface area contributed by atoms with Crippen molar-refractivity contribution in [2.24, 2.45) is 0 Å². The van der Waals surface area contributed by atoms with Gasteiger partial charge in [0.05, 0.1) is 7.11 Å². The molecule has 0 saturated carbocycles. The van der Waals surface area contributed by atoms with Crippen molar-refractivity contribution >= 4 is 17.7 Å². The van der Waals surface area contributed by atoms with Crippen LogP contribution in [0.15, 0.2) is 53.4 Å². The molecule has 3 nitrogen and oxygen atoms in total. The zero-order valence-corrected chi connectivity index (χ0v) is 13.1. The third kappa shape index (κ3) is 4.53. The Balaban J connectivity index is 1.90. The van der Waals surface area contributed by atoms with Gasteiger partial charge in [-0.2, -0.15) is 0 Å². The Morgan fingerprint density at radius 3 is 2.33 bits per heavy atom. The third-order valence-corrected chi connectivity index (χ3v) is 3.93. The van der Waals surface area contributed by atoms with Gasteiger partial charge in [-0.1, -0.05) is 19.1 Å². The summed E-state index contributed by atoms with van der Waals surface area (Å²) in [6, 6.07) is 15.4. The second kappa shape index (κ2) is 7.74. The summed E-state index contributed by atoms with van der Waals surface area (Å²) in [4.78, 5) is 13.3. The largest absolute Gasteiger partial charge is 0.497 e. The van der Waals surface area contributed by atoms with Gasteiger partial charge in [0.25, 0.3) is 5.91 Å². The summed E-state index contributed by atoms with van der Waals surface area (Å²) >= 11 is 1.81. The number of thioether (sulfide) groups is 1. The Kier molecular flexibility index (Phi) is 5.69. The average molecular weight is 301 g/mol. The van der Waals surface area contributed by atoms with Crippen LogP contribution in [0.2, 0.25) is 0 Å². The van der Waals surface area contributed by atoms with Gasteiger partial charge in [0.2, 0.25) is 0 Å². The summed E-state index contributed by atoms with van der Waals surface area (Å²) in [5, 5.41) is 2.92. The van der Waals surface area contributed by atoms with E-state index in [0.717, 1.165) is 17.1 Å². The van der Waals surface area contributed by atoms with Gasteiger partial charge in [0.1, 0.15) is 5.75 Å². The van der Waals surface area contributed by atoms with E-state index in [-0.39, 0.29) is 5.91 Å². The van der Waals surface area contributed by atoms with Crippen LogP contribution in [0.4, 0.5) is 0 Å². The quantitative estimate of drug-likeness (QED) is 0.826. The molecule has 0 bridgehead atoms. The van der Waals surface area contributed by atoms with Gasteiger partial charge in [-0.05, 0) is 47.7 Å². The minimum atomic E-state index is -0.0790. The smallest absolute Gasteiger partial charge is 0.251 e. The van der Waals surface area contributed by atoms with Crippen molar-refractivity contribution in [2.45, 2.75) is 18.4 Å². The van der Waals surface area contributed by atoms with Crippen LogP contribution < -0.4 is 10.1 Å². The highest BCUT2D eigenvalue weighted by molar-refractivity contribution is 7.99. The van der Waals surface area contributed by atoms with Crippen LogP contribution in [-0.4, -0.2) is 18.8 Å². The molecule has 0 fully saturated rings. The number of carbonyl (C=O) groups excluding carboxylic acids is 1. The van der Waals surface area contributed by atoms with E-state index in [0.29, 0.717) is 12.1 Å². The predicted molar refractivity (Wildman–Crippen MR) is 87.0 cm³/mol. The fourth-order valence-corrected chi connectivity index (χ4v) is 2.56. The monoisotopic (exact) mass is 301 g/mol. The number of amides is 1. The van der Waals surface area contributed by atoms with E-state index in [4.69, 9.17) is 4.74 Å². The summed E-state index contributed by atoms with van der Waals surface area (Å²) < 4.78 is 5.08. The first-order valence-corrected chi connectivity index (χ1v) is 7.85. The first-order chi connectivity index (χ1) is 10.2. The van der Waals surface area contributed by atoms with Crippen molar-refractivity contribution in [1.29, 1.82) is 0 Å². The molecule has 0 radical (unpaired) electrons. The molecule has 4 heteroatoms. The van der Waals surface area contributed by atoms with Gasteiger partial charge in [-0.3, -0.25) is 4.79 Å². The lowest BCUT2D eigenvalue weighted by atomic mass is 10.2. The molecule has 0 saturated heterocycles. The van der Waals surface area contributed by atoms with Crippen molar-refractivity contribution < 1.29 is 9.53 Å². The van der Waals surface area contributed by atoms with Crippen LogP contribution in [0.1, 0.15) is 22.8 Å². The molecule has 1 amide bonds. The molecule has 0 aliphatic heterocycles. The number of nitrogens with one attached hydrogen (secondary N) is 1. The Hall–Kier alpha value is -1.94. The van der Waals surface area contributed by atoms with Crippen molar-refractivity contribution in [3.63, 3.8) is 0 Å². The SMILES string of the molecule is CCSc1ccc(CNC(=O)c2ccc(OC)cc2)cc1. The Morgan fingerprint density at radius 2 is 1.76 bits per heavy atom. The zero-order valence-electron chi connectivity index (χ0n) is 12.3. The third-order valence-electron chi connectivity index (χ3n) is 3.04. The van der Waals surface area contributed by atoms with E-state index in [1.54, 1.807) is 31.4 Å². The Labute approximate surface area is 129 Å². The molecule has 2 aromatic rings. The molecule has 0 aliphatic carbocycles. The van der Waals surface area contributed by atoms with E-state index in [1.807, 2.05) is 23.9 Å². The van der Waals surface area contributed by atoms with Crippen LogP contribution in [0.25, 0.3) is 0 Å². The van der Waals surface area contributed by atoms with Crippen LogP contribution in [0.3, 0.4) is 0 Å². The zero-order chi connectivity index (χ0) is 15.1. The molecular formula is C17H19NO2S. The maximum absolute atomic E-state index is 12.0. The van der Waals surface area contributed by atoms with Crippen LogP contribution in [0.5, 0.6) is 5.75 Å². The maximum atomic E-state index is 12.0. The van der Waals surface area contributed by atoms with E-state index < -0.39 is 0 Å². The molecule has 0 aliphatic rings. The number of ether oxygens (including phenoxy) is 1. The summed E-state index contributed by atoms with van der Waals surface area (Å²) in [6.07, 6.45) is 0. The molecule has 0 heterocycles. The lowest BCUT2D eigenvalue weighted by Gasteiger charge is -2.07. The highest BCUT2D eigenvalue weighted by Crippen LogP contribution is 2.17. The molecule has 0 atom stereocenters. The number of rotatable bonds is 6. The van der Waals surface area contributed by atoms with Gasteiger partial charge in [-0.15, -0.1) is 11.8 Å². The fourth-order valence-electron chi connectivity index (χ4n) is 1.90. The second-order valence-electron chi connectivity index (χ2n) is 4.49. The molecule has 1 N–H and O–H groups in total. The van der Waals surface area contributed by atoms with Crippen molar-refractivity contribution in [2.75, 3.05) is 12.9 Å². The molecule has 110 valence electrons. The van der Waals surface area contributed by atoms with Gasteiger partial charge >= 0.3 is 0 Å². The number of carbonyl (C=O) groups is 1. The Morgan fingerprint density at radius 1 is 1.10 bits per heavy atom. The number of benzene rings is 2. The van der Waals surface area contributed by atoms with E-state index in [2.05, 4.69) is 24.4 Å². The fraction of sp³-hybridized carbons (Fsp3) is 0.235. The summed E-state index contributed by atoms with van der Waals surface area (Å²) in [5.74, 6) is 1.73. The molecular weight excluding hydrogens is 282 g/mol. The standard InChI is InChI=1S/C17H19NO2S/c1-3-21-16-10-4-13(5-11-16)12-18-17(19)14-6-8-15(20-2)9-7-14/h4-11H,3,12H2,1-2H3,(H,18,19). The minimum Gasteiger partial charge on any atom is -0.497 e. The van der Waals surface area contributed by atoms with Gasteiger partial charge in [-0.25, -0.2) is 0 Å². The van der Waals surface area contributed by atoms with E-state index >= 15 is 0 Å². The Bertz CT molecular complexity index is 579. The van der Waals surface area contributed by atoms with E-state index in [9.17, 15) is 4.79 Å². The van der Waals surface area contributed by atoms with Crippen LogP contribution in [0, 0.1) is 0 Å². The summed E-state index contributed by atoms with van der Waals surface area (Å²) in [7, 11) is 1.61. The summed E-state index contributed by atoms with van der Waals surface area (Å²) in [5.41, 5.74) is 1.73. The molecule has 2 rings (SSSR count). The minimum absolute atomic E-state index is 0.0790. The van der Waals surface area contributed by atoms with Crippen molar-refractivity contribution in [1.82, 2.24) is 5.32 Å². The normalized spacial score (nSPS) is 10.2. The molecule has 0 unspecified atom stereocenters. The summed E-state index contributed by atoms with van der Waals surface area (Å²) in [6.45, 7) is 2.66. The maximum Gasteiger partial charge on any atom is 0.251 e. The highest BCUT2D eigenvalue weighted by atomic mass is 32.2. The number of hydrogen-bond donors (Lipinski definition) is 1. The first kappa shape index (κ1) is 15.4. The second-order valence-corrected chi connectivity index (χ2v) is 5.83. The van der Waals surface area contributed by atoms with Crippen LogP contribution in [-0.2, 0) is 6.54 Å². The van der Waals surface area contributed by atoms with Crippen molar-refractivity contribution in [3.8, 4) is 5.75 Å². The molecule has 0 aromatic heterocycles. The highest BCUT2D eigenvalue weighted by Gasteiger charge is 2.05. The molecule has 21 heavy (non-hydrogen) atoms.